The van der Waals surface area contributed by atoms with E-state index in [-0.39, 0.29) is 5.82 Å². The molecular formula is C30H37F2N3O. The van der Waals surface area contributed by atoms with E-state index in [1.807, 2.05) is 18.2 Å². The quantitative estimate of drug-likeness (QED) is 0.412. The van der Waals surface area contributed by atoms with Crippen LogP contribution in [0.25, 0.3) is 16.8 Å². The third kappa shape index (κ3) is 6.64. The van der Waals surface area contributed by atoms with Crippen molar-refractivity contribution in [1.82, 2.24) is 9.80 Å². The molecule has 0 atom stereocenters. The minimum Gasteiger partial charge on any atom is -0.493 e. The molecule has 2 saturated heterocycles. The van der Waals surface area contributed by atoms with E-state index < -0.39 is 5.67 Å². The number of benzene rings is 2. The van der Waals surface area contributed by atoms with E-state index in [1.54, 1.807) is 26.0 Å². The minimum absolute atomic E-state index is 0.324. The molecule has 2 fully saturated rings. The first-order chi connectivity index (χ1) is 17.2. The monoisotopic (exact) mass is 493 g/mol. The Hall–Kier alpha value is -2.91. The molecule has 0 radical (unpaired) electrons. The molecule has 4 rings (SSSR count). The van der Waals surface area contributed by atoms with E-state index >= 15 is 4.39 Å². The molecular weight excluding hydrogens is 456 g/mol. The molecule has 0 aromatic heterocycles. The molecule has 0 aliphatic carbocycles. The van der Waals surface area contributed by atoms with Gasteiger partial charge in [-0.3, -0.25) is 0 Å². The Kier molecular flexibility index (Phi) is 8.31. The van der Waals surface area contributed by atoms with Gasteiger partial charge in [0.15, 0.2) is 0 Å². The van der Waals surface area contributed by atoms with Crippen LogP contribution in [0.3, 0.4) is 0 Å². The fourth-order valence-electron chi connectivity index (χ4n) is 5.27. The Morgan fingerprint density at radius 2 is 1.81 bits per heavy atom. The van der Waals surface area contributed by atoms with E-state index in [9.17, 15) is 9.65 Å². The highest BCUT2D eigenvalue weighted by atomic mass is 19.1. The van der Waals surface area contributed by atoms with Crippen LogP contribution in [0, 0.1) is 23.1 Å². The molecule has 0 N–H and O–H groups in total. The third-order valence-corrected chi connectivity index (χ3v) is 7.23. The summed E-state index contributed by atoms with van der Waals surface area (Å²) >= 11 is 0. The van der Waals surface area contributed by atoms with Crippen molar-refractivity contribution >= 4 is 5.70 Å². The average molecular weight is 494 g/mol. The molecule has 0 bridgehead atoms. The predicted octanol–water partition coefficient (Wildman–Crippen LogP) is 6.66. The summed E-state index contributed by atoms with van der Waals surface area (Å²) < 4.78 is 35.0. The molecule has 0 spiro atoms. The van der Waals surface area contributed by atoms with Crippen LogP contribution in [0.2, 0.25) is 0 Å². The summed E-state index contributed by atoms with van der Waals surface area (Å²) in [6.45, 7) is 12.0. The zero-order chi connectivity index (χ0) is 25.7. The van der Waals surface area contributed by atoms with Gasteiger partial charge in [-0.15, -0.1) is 0 Å². The van der Waals surface area contributed by atoms with E-state index in [0.29, 0.717) is 47.1 Å². The van der Waals surface area contributed by atoms with E-state index in [2.05, 4.69) is 22.4 Å². The summed E-state index contributed by atoms with van der Waals surface area (Å²) in [5.41, 5.74) is 1.86. The maximum atomic E-state index is 15.1. The van der Waals surface area contributed by atoms with Crippen molar-refractivity contribution in [2.24, 2.45) is 5.92 Å². The number of nitrogens with zero attached hydrogens (tertiary/aromatic N) is 3. The van der Waals surface area contributed by atoms with Gasteiger partial charge in [-0.2, -0.15) is 5.26 Å². The van der Waals surface area contributed by atoms with Crippen molar-refractivity contribution in [2.75, 3.05) is 39.3 Å². The van der Waals surface area contributed by atoms with Crippen LogP contribution in [-0.4, -0.2) is 54.8 Å². The van der Waals surface area contributed by atoms with Gasteiger partial charge in [0.1, 0.15) is 17.2 Å². The second-order valence-electron chi connectivity index (χ2n) is 10.8. The maximum absolute atomic E-state index is 15.1. The number of ether oxygens (including phenoxy) is 1. The summed E-state index contributed by atoms with van der Waals surface area (Å²) in [6.07, 6.45) is 5.35. The fraction of sp³-hybridized carbons (Fsp3) is 0.500. The first kappa shape index (κ1) is 26.2. The standard InChI is InChI=1S/C30H37F2N3O/c1-22(35-13-5-4-6-14-35)27-9-7-24(18-29(27)31)28-10-8-26(17-25(28)19-33)36-20-23-11-15-34(16-12-23)21-30(2,3)32/h7-10,17-18,23H,1,4-6,11-16,20-21H2,2-3H3. The zero-order valence-corrected chi connectivity index (χ0v) is 21.5. The molecule has 6 heteroatoms. The first-order valence-corrected chi connectivity index (χ1v) is 13.1. The molecule has 4 nitrogen and oxygen atoms in total. The number of alkyl halides is 1. The molecule has 2 aromatic rings. The molecule has 2 aliphatic heterocycles. The van der Waals surface area contributed by atoms with Crippen LogP contribution >= 0.6 is 0 Å². The van der Waals surface area contributed by atoms with Crippen LogP contribution in [0.5, 0.6) is 5.75 Å². The van der Waals surface area contributed by atoms with Gasteiger partial charge in [-0.1, -0.05) is 12.6 Å². The van der Waals surface area contributed by atoms with Gasteiger partial charge in [0.2, 0.25) is 0 Å². The lowest BCUT2D eigenvalue weighted by Gasteiger charge is -2.34. The lowest BCUT2D eigenvalue weighted by atomic mass is 9.96. The number of hydrogen-bond acceptors (Lipinski definition) is 4. The molecule has 0 amide bonds. The highest BCUT2D eigenvalue weighted by Gasteiger charge is 2.25. The molecule has 192 valence electrons. The molecule has 2 aromatic carbocycles. The van der Waals surface area contributed by atoms with Crippen LogP contribution in [0.1, 0.15) is 57.1 Å². The summed E-state index contributed by atoms with van der Waals surface area (Å²) in [5, 5.41) is 9.77. The summed E-state index contributed by atoms with van der Waals surface area (Å²) in [6, 6.07) is 12.8. The lowest BCUT2D eigenvalue weighted by molar-refractivity contribution is 0.0836. The summed E-state index contributed by atoms with van der Waals surface area (Å²) in [5.74, 6) is 0.719. The van der Waals surface area contributed by atoms with Crippen LogP contribution < -0.4 is 4.74 Å². The Morgan fingerprint density at radius 1 is 1.08 bits per heavy atom. The zero-order valence-electron chi connectivity index (χ0n) is 21.5. The molecule has 2 heterocycles. The van der Waals surface area contributed by atoms with Gasteiger partial charge in [-0.05, 0) is 106 Å². The first-order valence-electron chi connectivity index (χ1n) is 13.1. The Morgan fingerprint density at radius 3 is 2.44 bits per heavy atom. The van der Waals surface area contributed by atoms with Crippen molar-refractivity contribution in [2.45, 2.75) is 51.6 Å². The minimum atomic E-state index is -1.18. The van der Waals surface area contributed by atoms with Gasteiger partial charge in [-0.25, -0.2) is 8.78 Å². The van der Waals surface area contributed by atoms with Crippen LogP contribution in [0.15, 0.2) is 43.0 Å². The molecule has 0 saturated carbocycles. The van der Waals surface area contributed by atoms with E-state index in [4.69, 9.17) is 4.74 Å². The predicted molar refractivity (Wildman–Crippen MR) is 141 cm³/mol. The van der Waals surface area contributed by atoms with Crippen LogP contribution in [-0.2, 0) is 0 Å². The largest absolute Gasteiger partial charge is 0.493 e. The van der Waals surface area contributed by atoms with Crippen molar-refractivity contribution in [1.29, 1.82) is 5.26 Å². The number of hydrogen-bond donors (Lipinski definition) is 0. The van der Waals surface area contributed by atoms with Gasteiger partial charge < -0.3 is 14.5 Å². The normalized spacial score (nSPS) is 17.6. The fourth-order valence-corrected chi connectivity index (χ4v) is 5.27. The number of nitriles is 1. The number of likely N-dealkylation sites (tertiary alicyclic amines) is 2. The molecule has 36 heavy (non-hydrogen) atoms. The van der Waals surface area contributed by atoms with Crippen molar-refractivity contribution in [3.8, 4) is 22.9 Å². The van der Waals surface area contributed by atoms with Gasteiger partial charge in [0.25, 0.3) is 0 Å². The van der Waals surface area contributed by atoms with Gasteiger partial charge >= 0.3 is 0 Å². The SMILES string of the molecule is C=C(c1ccc(-c2ccc(OCC3CCN(CC(C)(C)F)CC3)cc2C#N)cc1F)N1CCCCC1. The van der Waals surface area contributed by atoms with Gasteiger partial charge in [0.05, 0.1) is 18.2 Å². The topological polar surface area (TPSA) is 39.5 Å². The number of halogens is 2. The van der Waals surface area contributed by atoms with Crippen LogP contribution in [0.4, 0.5) is 8.78 Å². The smallest absolute Gasteiger partial charge is 0.133 e. The Balaban J connectivity index is 1.38. The summed E-state index contributed by atoms with van der Waals surface area (Å²) in [7, 11) is 0. The highest BCUT2D eigenvalue weighted by molar-refractivity contribution is 5.74. The maximum Gasteiger partial charge on any atom is 0.133 e. The number of rotatable bonds is 8. The van der Waals surface area contributed by atoms with Crippen molar-refractivity contribution in [3.63, 3.8) is 0 Å². The van der Waals surface area contributed by atoms with E-state index in [1.165, 1.54) is 12.5 Å². The lowest BCUT2D eigenvalue weighted by Crippen LogP contribution is -2.41. The average Bonchev–Trinajstić information content (AvgIpc) is 2.87. The summed E-state index contributed by atoms with van der Waals surface area (Å²) in [4.78, 5) is 4.32. The highest BCUT2D eigenvalue weighted by Crippen LogP contribution is 2.32. The Labute approximate surface area is 214 Å². The molecule has 0 unspecified atom stereocenters. The van der Waals surface area contributed by atoms with Crippen molar-refractivity contribution < 1.29 is 13.5 Å². The second-order valence-corrected chi connectivity index (χ2v) is 10.8. The number of piperidine rings is 2. The Bertz CT molecular complexity index is 1100. The molecule has 2 aliphatic rings. The van der Waals surface area contributed by atoms with E-state index in [0.717, 1.165) is 57.6 Å². The van der Waals surface area contributed by atoms with Gasteiger partial charge in [0, 0.05) is 30.9 Å². The third-order valence-electron chi connectivity index (χ3n) is 7.23. The second kappa shape index (κ2) is 11.4. The van der Waals surface area contributed by atoms with Crippen molar-refractivity contribution in [3.05, 3.63) is 59.9 Å².